The van der Waals surface area contributed by atoms with Crippen molar-refractivity contribution < 1.29 is 13.2 Å². The van der Waals surface area contributed by atoms with E-state index >= 15 is 0 Å². The molecule has 1 rings (SSSR count). The zero-order valence-electron chi connectivity index (χ0n) is 12.6. The number of piperidine rings is 1. The quantitative estimate of drug-likeness (QED) is 0.730. The van der Waals surface area contributed by atoms with Gasteiger partial charge in [-0.1, -0.05) is 13.8 Å². The number of nitrogens with zero attached hydrogens (tertiary/aromatic N) is 1. The standard InChI is InChI=1S/C13H27N3O3S/c1-4-20(18,19)16-7-5-11(6-8-16)15-13(17)12(9-14)10(2)3/h10-12H,4-9,14H2,1-3H3,(H,15,17). The molecule has 7 heteroatoms. The van der Waals surface area contributed by atoms with Gasteiger partial charge < -0.3 is 11.1 Å². The van der Waals surface area contributed by atoms with Gasteiger partial charge in [-0.05, 0) is 25.7 Å². The first kappa shape index (κ1) is 17.4. The van der Waals surface area contributed by atoms with E-state index in [0.717, 1.165) is 0 Å². The van der Waals surface area contributed by atoms with E-state index in [1.54, 1.807) is 6.92 Å². The van der Waals surface area contributed by atoms with Crippen LogP contribution < -0.4 is 11.1 Å². The van der Waals surface area contributed by atoms with Crippen molar-refractivity contribution in [2.24, 2.45) is 17.6 Å². The molecule has 0 radical (unpaired) electrons. The number of nitrogens with one attached hydrogen (secondary N) is 1. The summed E-state index contributed by atoms with van der Waals surface area (Å²) in [6, 6.07) is 0.0543. The van der Waals surface area contributed by atoms with Crippen molar-refractivity contribution in [1.29, 1.82) is 0 Å². The van der Waals surface area contributed by atoms with Gasteiger partial charge in [-0.15, -0.1) is 0 Å². The third-order valence-corrected chi connectivity index (χ3v) is 5.84. The van der Waals surface area contributed by atoms with Crippen LogP contribution >= 0.6 is 0 Å². The van der Waals surface area contributed by atoms with Gasteiger partial charge in [0.15, 0.2) is 0 Å². The lowest BCUT2D eigenvalue weighted by molar-refractivity contribution is -0.126. The number of carbonyl (C=O) groups is 1. The Hall–Kier alpha value is -0.660. The largest absolute Gasteiger partial charge is 0.353 e. The van der Waals surface area contributed by atoms with Crippen molar-refractivity contribution in [2.75, 3.05) is 25.4 Å². The van der Waals surface area contributed by atoms with E-state index in [2.05, 4.69) is 5.32 Å². The molecule has 6 nitrogen and oxygen atoms in total. The monoisotopic (exact) mass is 305 g/mol. The van der Waals surface area contributed by atoms with Gasteiger partial charge in [0, 0.05) is 25.7 Å². The van der Waals surface area contributed by atoms with Gasteiger partial charge in [0.25, 0.3) is 0 Å². The molecule has 1 fully saturated rings. The van der Waals surface area contributed by atoms with Gasteiger partial charge in [-0.2, -0.15) is 0 Å². The molecule has 0 aromatic rings. The predicted molar refractivity (Wildman–Crippen MR) is 79.6 cm³/mol. The van der Waals surface area contributed by atoms with Crippen LogP contribution in [-0.2, 0) is 14.8 Å². The van der Waals surface area contributed by atoms with Crippen LogP contribution in [0.3, 0.4) is 0 Å². The summed E-state index contributed by atoms with van der Waals surface area (Å²) in [6.07, 6.45) is 1.33. The van der Waals surface area contributed by atoms with Crippen molar-refractivity contribution in [3.05, 3.63) is 0 Å². The van der Waals surface area contributed by atoms with Crippen LogP contribution in [0.1, 0.15) is 33.6 Å². The topological polar surface area (TPSA) is 92.5 Å². The Balaban J connectivity index is 2.49. The van der Waals surface area contributed by atoms with E-state index in [0.29, 0.717) is 32.5 Å². The smallest absolute Gasteiger partial charge is 0.224 e. The second kappa shape index (κ2) is 7.38. The van der Waals surface area contributed by atoms with Gasteiger partial charge >= 0.3 is 0 Å². The molecule has 1 saturated heterocycles. The van der Waals surface area contributed by atoms with Gasteiger partial charge in [0.2, 0.25) is 15.9 Å². The van der Waals surface area contributed by atoms with Gasteiger partial charge in [-0.3, -0.25) is 4.79 Å². The lowest BCUT2D eigenvalue weighted by Gasteiger charge is -2.32. The molecule has 1 aliphatic heterocycles. The normalized spacial score (nSPS) is 20.1. The summed E-state index contributed by atoms with van der Waals surface area (Å²) in [6.45, 7) is 6.91. The molecule has 0 aromatic heterocycles. The molecule has 0 spiro atoms. The average molecular weight is 305 g/mol. The molecule has 1 atom stereocenters. The third kappa shape index (κ3) is 4.43. The van der Waals surface area contributed by atoms with Crippen molar-refractivity contribution in [3.8, 4) is 0 Å². The maximum absolute atomic E-state index is 12.1. The lowest BCUT2D eigenvalue weighted by Crippen LogP contribution is -2.49. The first-order chi connectivity index (χ1) is 9.31. The predicted octanol–water partition coefficient (Wildman–Crippen LogP) is 0.148. The fraction of sp³-hybridized carbons (Fsp3) is 0.923. The second-order valence-electron chi connectivity index (χ2n) is 5.67. The highest BCUT2D eigenvalue weighted by Gasteiger charge is 2.29. The average Bonchev–Trinajstić information content (AvgIpc) is 2.39. The van der Waals surface area contributed by atoms with Crippen molar-refractivity contribution in [2.45, 2.75) is 39.7 Å². The fourth-order valence-corrected chi connectivity index (χ4v) is 3.58. The van der Waals surface area contributed by atoms with E-state index in [4.69, 9.17) is 5.73 Å². The third-order valence-electron chi connectivity index (χ3n) is 3.95. The summed E-state index contributed by atoms with van der Waals surface area (Å²) in [5, 5.41) is 3.00. The molecule has 118 valence electrons. The number of hydrogen-bond acceptors (Lipinski definition) is 4. The minimum Gasteiger partial charge on any atom is -0.353 e. The fourth-order valence-electron chi connectivity index (χ4n) is 2.45. The Morgan fingerprint density at radius 1 is 1.35 bits per heavy atom. The number of rotatable bonds is 6. The summed E-state index contributed by atoms with van der Waals surface area (Å²) in [4.78, 5) is 12.1. The van der Waals surface area contributed by atoms with Crippen LogP contribution in [0.4, 0.5) is 0 Å². The summed E-state index contributed by atoms with van der Waals surface area (Å²) in [5.74, 6) is 0.152. The summed E-state index contributed by atoms with van der Waals surface area (Å²) >= 11 is 0. The van der Waals surface area contributed by atoms with Crippen LogP contribution in [0.5, 0.6) is 0 Å². The Labute approximate surface area is 122 Å². The van der Waals surface area contributed by atoms with E-state index < -0.39 is 10.0 Å². The zero-order chi connectivity index (χ0) is 15.3. The lowest BCUT2D eigenvalue weighted by atomic mass is 9.94. The molecule has 0 aliphatic carbocycles. The Bertz CT molecular complexity index is 415. The van der Waals surface area contributed by atoms with E-state index in [9.17, 15) is 13.2 Å². The Kier molecular flexibility index (Phi) is 6.42. The van der Waals surface area contributed by atoms with Crippen molar-refractivity contribution in [1.82, 2.24) is 9.62 Å². The minimum atomic E-state index is -3.11. The van der Waals surface area contributed by atoms with E-state index in [-0.39, 0.29) is 29.5 Å². The molecule has 1 aliphatic rings. The SMILES string of the molecule is CCS(=O)(=O)N1CCC(NC(=O)C(CN)C(C)C)CC1. The van der Waals surface area contributed by atoms with Crippen LogP contribution in [-0.4, -0.2) is 50.1 Å². The van der Waals surface area contributed by atoms with E-state index in [1.165, 1.54) is 4.31 Å². The van der Waals surface area contributed by atoms with Gasteiger partial charge in [-0.25, -0.2) is 12.7 Å². The molecule has 0 bridgehead atoms. The highest BCUT2D eigenvalue weighted by molar-refractivity contribution is 7.89. The Morgan fingerprint density at radius 2 is 1.90 bits per heavy atom. The summed E-state index contributed by atoms with van der Waals surface area (Å²) < 4.78 is 25.0. The molecule has 0 saturated carbocycles. The molecular weight excluding hydrogens is 278 g/mol. The molecule has 3 N–H and O–H groups in total. The Morgan fingerprint density at radius 3 is 2.30 bits per heavy atom. The second-order valence-corrected chi connectivity index (χ2v) is 7.93. The number of nitrogens with two attached hydrogens (primary N) is 1. The van der Waals surface area contributed by atoms with Crippen molar-refractivity contribution in [3.63, 3.8) is 0 Å². The molecular formula is C13H27N3O3S. The molecule has 20 heavy (non-hydrogen) atoms. The number of hydrogen-bond donors (Lipinski definition) is 2. The molecule has 1 amide bonds. The van der Waals surface area contributed by atoms with Gasteiger partial charge in [0.05, 0.1) is 11.7 Å². The molecule has 0 aromatic carbocycles. The summed E-state index contributed by atoms with van der Waals surface area (Å²) in [7, 11) is -3.11. The van der Waals surface area contributed by atoms with E-state index in [1.807, 2.05) is 13.8 Å². The first-order valence-electron chi connectivity index (χ1n) is 7.30. The number of sulfonamides is 1. The summed E-state index contributed by atoms with van der Waals surface area (Å²) in [5.41, 5.74) is 5.63. The van der Waals surface area contributed by atoms with Crippen LogP contribution in [0, 0.1) is 11.8 Å². The highest BCUT2D eigenvalue weighted by Crippen LogP contribution is 2.16. The first-order valence-corrected chi connectivity index (χ1v) is 8.91. The zero-order valence-corrected chi connectivity index (χ0v) is 13.4. The maximum Gasteiger partial charge on any atom is 0.224 e. The highest BCUT2D eigenvalue weighted by atomic mass is 32.2. The molecule has 1 heterocycles. The number of carbonyl (C=O) groups excluding carboxylic acids is 1. The van der Waals surface area contributed by atoms with Crippen LogP contribution in [0.25, 0.3) is 0 Å². The number of amides is 1. The minimum absolute atomic E-state index is 0.0145. The molecule has 1 unspecified atom stereocenters. The van der Waals surface area contributed by atoms with Crippen molar-refractivity contribution >= 4 is 15.9 Å². The van der Waals surface area contributed by atoms with Gasteiger partial charge in [0.1, 0.15) is 0 Å². The maximum atomic E-state index is 12.1. The van der Waals surface area contributed by atoms with Crippen LogP contribution in [0.2, 0.25) is 0 Å². The van der Waals surface area contributed by atoms with Crippen LogP contribution in [0.15, 0.2) is 0 Å².